The quantitative estimate of drug-likeness (QED) is 0.778. The molecule has 2 fully saturated rings. The first-order valence-electron chi connectivity index (χ1n) is 8.82. The molecule has 1 N–H and O–H groups in total. The number of nitrogens with zero attached hydrogens (tertiary/aromatic N) is 1. The van der Waals surface area contributed by atoms with Gasteiger partial charge in [-0.2, -0.15) is 13.2 Å². The third-order valence-electron chi connectivity index (χ3n) is 5.24. The van der Waals surface area contributed by atoms with Crippen molar-refractivity contribution in [1.29, 1.82) is 0 Å². The molecule has 144 valence electrons. The molecule has 26 heavy (non-hydrogen) atoms. The van der Waals surface area contributed by atoms with Gasteiger partial charge < -0.3 is 14.8 Å². The summed E-state index contributed by atoms with van der Waals surface area (Å²) in [5, 5.41) is 3.18. The number of rotatable bonds is 6. The molecule has 2 unspecified atom stereocenters. The number of Topliss-reactive ketones (excluding diaryl/α,β-unsaturated/α-hetero) is 1. The highest BCUT2D eigenvalue weighted by atomic mass is 19.4. The van der Waals surface area contributed by atoms with Gasteiger partial charge >= 0.3 is 6.18 Å². The lowest BCUT2D eigenvalue weighted by Crippen LogP contribution is -2.45. The second kappa shape index (κ2) is 7.92. The molecule has 8 heteroatoms. The summed E-state index contributed by atoms with van der Waals surface area (Å²) in [6, 6.07) is 3.29. The number of aromatic nitrogens is 1. The zero-order valence-corrected chi connectivity index (χ0v) is 14.6. The monoisotopic (exact) mass is 372 g/mol. The number of pyridine rings is 1. The van der Waals surface area contributed by atoms with Gasteiger partial charge in [-0.1, -0.05) is 0 Å². The molecule has 1 aliphatic heterocycles. The van der Waals surface area contributed by atoms with Crippen molar-refractivity contribution in [3.05, 3.63) is 24.0 Å². The number of halogens is 3. The normalized spacial score (nSPS) is 29.1. The van der Waals surface area contributed by atoms with Crippen LogP contribution in [0.5, 0.6) is 5.75 Å². The Morgan fingerprint density at radius 1 is 1.38 bits per heavy atom. The number of hydrogen-bond acceptors (Lipinski definition) is 5. The van der Waals surface area contributed by atoms with Gasteiger partial charge in [-0.05, 0) is 43.9 Å². The summed E-state index contributed by atoms with van der Waals surface area (Å²) in [5.74, 6) is -1.58. The smallest absolute Gasteiger partial charge is 0.391 e. The fourth-order valence-corrected chi connectivity index (χ4v) is 3.59. The van der Waals surface area contributed by atoms with Crippen molar-refractivity contribution in [3.8, 4) is 5.75 Å². The minimum atomic E-state index is -4.13. The highest BCUT2D eigenvalue weighted by molar-refractivity contribution is 5.99. The second-order valence-electron chi connectivity index (χ2n) is 6.97. The largest absolute Gasteiger partial charge is 0.491 e. The molecular formula is C18H23F3N2O3. The maximum Gasteiger partial charge on any atom is 0.391 e. The summed E-state index contributed by atoms with van der Waals surface area (Å²) in [7, 11) is 1.58. The number of alkyl halides is 3. The Kier molecular flexibility index (Phi) is 5.82. The molecule has 1 saturated heterocycles. The van der Waals surface area contributed by atoms with E-state index in [1.807, 2.05) is 0 Å². The van der Waals surface area contributed by atoms with Gasteiger partial charge in [0.15, 0.2) is 5.78 Å². The van der Waals surface area contributed by atoms with Crippen molar-refractivity contribution >= 4 is 5.78 Å². The van der Waals surface area contributed by atoms with Crippen LogP contribution in [0.1, 0.15) is 29.8 Å². The first-order valence-corrected chi connectivity index (χ1v) is 8.82. The number of carbonyl (C=O) groups is 1. The van der Waals surface area contributed by atoms with Crippen LogP contribution in [0.2, 0.25) is 0 Å². The molecular weight excluding hydrogens is 349 g/mol. The van der Waals surface area contributed by atoms with Crippen LogP contribution >= 0.6 is 0 Å². The van der Waals surface area contributed by atoms with Gasteiger partial charge in [0, 0.05) is 19.9 Å². The number of methoxy groups -OCH3 is 1. The van der Waals surface area contributed by atoms with E-state index in [1.165, 1.54) is 6.20 Å². The third kappa shape index (κ3) is 4.17. The summed E-state index contributed by atoms with van der Waals surface area (Å²) in [4.78, 5) is 17.1. The van der Waals surface area contributed by atoms with Crippen LogP contribution < -0.4 is 10.1 Å². The summed E-state index contributed by atoms with van der Waals surface area (Å²) < 4.78 is 48.8. The van der Waals surface area contributed by atoms with Crippen LogP contribution in [0.3, 0.4) is 0 Å². The molecule has 0 amide bonds. The van der Waals surface area contributed by atoms with E-state index in [9.17, 15) is 18.0 Å². The van der Waals surface area contributed by atoms with Crippen molar-refractivity contribution in [3.63, 3.8) is 0 Å². The molecule has 1 aliphatic carbocycles. The Bertz CT molecular complexity index is 632. The molecule has 2 aliphatic rings. The zero-order chi connectivity index (χ0) is 18.7. The fourth-order valence-electron chi connectivity index (χ4n) is 3.59. The maximum absolute atomic E-state index is 12.9. The number of piperidine rings is 1. The molecule has 0 spiro atoms. The molecule has 1 aromatic heterocycles. The molecule has 3 rings (SSSR count). The molecule has 0 radical (unpaired) electrons. The Morgan fingerprint density at radius 3 is 2.85 bits per heavy atom. The first-order chi connectivity index (χ1) is 12.4. The number of ether oxygens (including phenoxy) is 2. The van der Waals surface area contributed by atoms with Crippen LogP contribution in [-0.2, 0) is 4.74 Å². The average molecular weight is 372 g/mol. The van der Waals surface area contributed by atoms with Gasteiger partial charge in [0.05, 0.1) is 24.5 Å². The van der Waals surface area contributed by atoms with Crippen molar-refractivity contribution < 1.29 is 27.4 Å². The second-order valence-corrected chi connectivity index (χ2v) is 6.97. The lowest BCUT2D eigenvalue weighted by molar-refractivity contribution is -0.206. The van der Waals surface area contributed by atoms with E-state index in [-0.39, 0.29) is 48.9 Å². The fraction of sp³-hybridized carbons (Fsp3) is 0.667. The summed E-state index contributed by atoms with van der Waals surface area (Å²) in [5.41, 5.74) is 0.218. The third-order valence-corrected chi connectivity index (χ3v) is 5.24. The number of nitrogens with one attached hydrogen (secondary N) is 1. The molecule has 0 aromatic carbocycles. The van der Waals surface area contributed by atoms with Crippen molar-refractivity contribution in [2.24, 2.45) is 17.8 Å². The highest BCUT2D eigenvalue weighted by Gasteiger charge is 2.48. The molecule has 2 heterocycles. The number of ketones is 1. The van der Waals surface area contributed by atoms with Crippen LogP contribution in [0.15, 0.2) is 18.3 Å². The average Bonchev–Trinajstić information content (AvgIpc) is 2.59. The van der Waals surface area contributed by atoms with E-state index >= 15 is 0 Å². The van der Waals surface area contributed by atoms with Crippen LogP contribution in [-0.4, -0.2) is 49.9 Å². The van der Waals surface area contributed by atoms with Gasteiger partial charge in [0.2, 0.25) is 0 Å². The standard InChI is InChI=1S/C18H23F3N2O3/c1-25-14-4-6-22-9-13(14)17(24)16-15(3-2-5-23-16)26-10-11-7-12(8-11)18(19,20)21/h2-3,5,11-14,22H,4,6-10H2,1H3/t11-,12+,13?,14?. The van der Waals surface area contributed by atoms with E-state index in [2.05, 4.69) is 10.3 Å². The summed E-state index contributed by atoms with van der Waals surface area (Å²) in [6.45, 7) is 1.45. The molecule has 1 saturated carbocycles. The lowest BCUT2D eigenvalue weighted by Gasteiger charge is -2.36. The number of carbonyl (C=O) groups excluding carboxylic acids is 1. The van der Waals surface area contributed by atoms with Crippen molar-refractivity contribution in [2.45, 2.75) is 31.5 Å². The summed E-state index contributed by atoms with van der Waals surface area (Å²) in [6.07, 6.45) is -1.91. The van der Waals surface area contributed by atoms with Gasteiger partial charge in [-0.15, -0.1) is 0 Å². The first kappa shape index (κ1) is 19.1. The van der Waals surface area contributed by atoms with Crippen molar-refractivity contribution in [2.75, 3.05) is 26.8 Å². The Morgan fingerprint density at radius 2 is 2.15 bits per heavy atom. The number of hydrogen-bond donors (Lipinski definition) is 1. The van der Waals surface area contributed by atoms with E-state index in [0.29, 0.717) is 12.3 Å². The Labute approximate surface area is 150 Å². The minimum Gasteiger partial charge on any atom is -0.491 e. The van der Waals surface area contributed by atoms with Crippen molar-refractivity contribution in [1.82, 2.24) is 10.3 Å². The van der Waals surface area contributed by atoms with Gasteiger partial charge in [-0.25, -0.2) is 4.98 Å². The van der Waals surface area contributed by atoms with Crippen LogP contribution in [0, 0.1) is 17.8 Å². The molecule has 5 nitrogen and oxygen atoms in total. The SMILES string of the molecule is COC1CCNCC1C(=O)c1ncccc1OC[C@H]1C[C@@H](C(F)(F)F)C1. The molecule has 1 aromatic rings. The highest BCUT2D eigenvalue weighted by Crippen LogP contribution is 2.44. The van der Waals surface area contributed by atoms with E-state index in [4.69, 9.17) is 9.47 Å². The lowest BCUT2D eigenvalue weighted by atomic mass is 9.75. The van der Waals surface area contributed by atoms with Crippen LogP contribution in [0.4, 0.5) is 13.2 Å². The van der Waals surface area contributed by atoms with Gasteiger partial charge in [0.25, 0.3) is 0 Å². The van der Waals surface area contributed by atoms with E-state index in [0.717, 1.165) is 13.0 Å². The minimum absolute atomic E-state index is 0.0747. The zero-order valence-electron chi connectivity index (χ0n) is 14.6. The van der Waals surface area contributed by atoms with E-state index in [1.54, 1.807) is 19.2 Å². The summed E-state index contributed by atoms with van der Waals surface area (Å²) >= 11 is 0. The van der Waals surface area contributed by atoms with E-state index < -0.39 is 12.1 Å². The maximum atomic E-state index is 12.9. The van der Waals surface area contributed by atoms with Gasteiger partial charge in [-0.3, -0.25) is 4.79 Å². The predicted octanol–water partition coefficient (Wildman–Crippen LogP) is 2.86. The molecule has 0 bridgehead atoms. The van der Waals surface area contributed by atoms with Gasteiger partial charge in [0.1, 0.15) is 11.4 Å². The predicted molar refractivity (Wildman–Crippen MR) is 88.1 cm³/mol. The topological polar surface area (TPSA) is 60.5 Å². The molecule has 2 atom stereocenters. The Hall–Kier alpha value is -1.67. The Balaban J connectivity index is 1.62. The van der Waals surface area contributed by atoms with Crippen LogP contribution in [0.25, 0.3) is 0 Å².